The Labute approximate surface area is 136 Å². The van der Waals surface area contributed by atoms with Crippen LogP contribution in [0.15, 0.2) is 27.8 Å². The molecule has 1 N–H and O–H groups in total. The van der Waals surface area contributed by atoms with Crippen LogP contribution in [0.5, 0.6) is 0 Å². The third-order valence-electron chi connectivity index (χ3n) is 2.22. The molecule has 5 nitrogen and oxygen atoms in total. The molecular formula is C11H9BrIN3O2S. The first-order valence-corrected chi connectivity index (χ1v) is 8.04. The van der Waals surface area contributed by atoms with Crippen LogP contribution in [0.1, 0.15) is 0 Å². The Balaban J connectivity index is 2.33. The van der Waals surface area contributed by atoms with Gasteiger partial charge in [-0.2, -0.15) is 5.10 Å². The molecule has 100 valence electrons. The molecule has 2 rings (SSSR count). The van der Waals surface area contributed by atoms with E-state index in [0.29, 0.717) is 11.0 Å². The molecule has 0 saturated carbocycles. The molecule has 1 aromatic heterocycles. The first-order valence-electron chi connectivity index (χ1n) is 5.18. The zero-order valence-corrected chi connectivity index (χ0v) is 14.4. The number of aromatic nitrogens is 3. The molecule has 0 radical (unpaired) electrons. The van der Waals surface area contributed by atoms with Crippen molar-refractivity contribution in [3.05, 3.63) is 26.2 Å². The Morgan fingerprint density at radius 3 is 3.00 bits per heavy atom. The van der Waals surface area contributed by atoms with Crippen molar-refractivity contribution in [3.8, 4) is 11.4 Å². The maximum absolute atomic E-state index is 10.6. The van der Waals surface area contributed by atoms with Gasteiger partial charge < -0.3 is 5.11 Å². The van der Waals surface area contributed by atoms with Gasteiger partial charge in [0, 0.05) is 20.7 Å². The molecule has 0 aliphatic rings. The number of aliphatic carboxylic acids is 1. The van der Waals surface area contributed by atoms with Crippen LogP contribution in [0.4, 0.5) is 0 Å². The van der Waals surface area contributed by atoms with Gasteiger partial charge in [0.15, 0.2) is 11.0 Å². The van der Waals surface area contributed by atoms with Crippen molar-refractivity contribution in [2.75, 3.05) is 5.75 Å². The first-order chi connectivity index (χ1) is 8.97. The number of thioether (sulfide) groups is 1. The Kier molecular flexibility index (Phi) is 4.85. The van der Waals surface area contributed by atoms with Gasteiger partial charge in [0.1, 0.15) is 0 Å². The summed E-state index contributed by atoms with van der Waals surface area (Å²) in [7, 11) is 1.76. The molecule has 0 bridgehead atoms. The molecule has 0 aliphatic heterocycles. The number of nitrogens with zero attached hydrogens (tertiary/aromatic N) is 3. The van der Waals surface area contributed by atoms with Crippen molar-refractivity contribution in [1.82, 2.24) is 14.8 Å². The van der Waals surface area contributed by atoms with Crippen molar-refractivity contribution in [3.63, 3.8) is 0 Å². The fraction of sp³-hybridized carbons (Fsp3) is 0.182. The summed E-state index contributed by atoms with van der Waals surface area (Å²) in [6, 6.07) is 5.87. The SMILES string of the molecule is Cn1nc(-c2cc(Br)ccc2I)nc1SCC(=O)O. The van der Waals surface area contributed by atoms with Crippen LogP contribution >= 0.6 is 50.3 Å². The highest BCUT2D eigenvalue weighted by Crippen LogP contribution is 2.27. The fourth-order valence-corrected chi connectivity index (χ4v) is 2.97. The maximum atomic E-state index is 10.6. The molecule has 0 atom stereocenters. The second kappa shape index (κ2) is 6.23. The Morgan fingerprint density at radius 2 is 2.32 bits per heavy atom. The highest BCUT2D eigenvalue weighted by Gasteiger charge is 2.13. The second-order valence-electron chi connectivity index (χ2n) is 3.65. The lowest BCUT2D eigenvalue weighted by atomic mass is 10.2. The van der Waals surface area contributed by atoms with Crippen LogP contribution in [0, 0.1) is 3.57 Å². The zero-order valence-electron chi connectivity index (χ0n) is 9.80. The number of benzene rings is 1. The lowest BCUT2D eigenvalue weighted by molar-refractivity contribution is -0.133. The molecule has 0 amide bonds. The van der Waals surface area contributed by atoms with Crippen molar-refractivity contribution in [1.29, 1.82) is 0 Å². The van der Waals surface area contributed by atoms with Crippen molar-refractivity contribution in [2.24, 2.45) is 7.05 Å². The van der Waals surface area contributed by atoms with E-state index in [4.69, 9.17) is 5.11 Å². The summed E-state index contributed by atoms with van der Waals surface area (Å²) in [6.07, 6.45) is 0. The smallest absolute Gasteiger partial charge is 0.313 e. The van der Waals surface area contributed by atoms with Gasteiger partial charge in [0.05, 0.1) is 5.75 Å². The average Bonchev–Trinajstić information content (AvgIpc) is 2.71. The van der Waals surface area contributed by atoms with Gasteiger partial charge in [-0.05, 0) is 40.8 Å². The first kappa shape index (κ1) is 14.8. The number of carboxylic acids is 1. The minimum absolute atomic E-state index is 0.0262. The number of rotatable bonds is 4. The normalized spacial score (nSPS) is 10.7. The number of carbonyl (C=O) groups is 1. The van der Waals surface area contributed by atoms with E-state index in [2.05, 4.69) is 48.6 Å². The van der Waals surface area contributed by atoms with Crippen molar-refractivity contribution in [2.45, 2.75) is 5.16 Å². The molecule has 0 spiro atoms. The molecule has 1 aromatic carbocycles. The monoisotopic (exact) mass is 453 g/mol. The van der Waals surface area contributed by atoms with Crippen LogP contribution in [0.25, 0.3) is 11.4 Å². The summed E-state index contributed by atoms with van der Waals surface area (Å²) in [5.74, 6) is -0.297. The van der Waals surface area contributed by atoms with Gasteiger partial charge in [-0.25, -0.2) is 9.67 Å². The van der Waals surface area contributed by atoms with E-state index in [1.165, 1.54) is 0 Å². The van der Waals surface area contributed by atoms with Gasteiger partial charge in [0.2, 0.25) is 0 Å². The van der Waals surface area contributed by atoms with Gasteiger partial charge in [-0.15, -0.1) is 0 Å². The van der Waals surface area contributed by atoms with Gasteiger partial charge in [-0.3, -0.25) is 4.79 Å². The fourth-order valence-electron chi connectivity index (χ4n) is 1.41. The van der Waals surface area contributed by atoms with Gasteiger partial charge in [0.25, 0.3) is 0 Å². The standard InChI is InChI=1S/C11H9BrIN3O2S/c1-16-11(19-5-9(17)18)14-10(15-16)7-4-6(12)2-3-8(7)13/h2-4H,5H2,1H3,(H,17,18). The minimum Gasteiger partial charge on any atom is -0.481 e. The highest BCUT2D eigenvalue weighted by atomic mass is 127. The quantitative estimate of drug-likeness (QED) is 0.569. The zero-order chi connectivity index (χ0) is 14.0. The largest absolute Gasteiger partial charge is 0.481 e. The molecule has 0 saturated heterocycles. The summed E-state index contributed by atoms with van der Waals surface area (Å²) in [5.41, 5.74) is 0.924. The average molecular weight is 454 g/mol. The third-order valence-corrected chi connectivity index (χ3v) is 4.66. The summed E-state index contributed by atoms with van der Waals surface area (Å²) in [5, 5.41) is 13.6. The molecule has 2 aromatic rings. The van der Waals surface area contributed by atoms with E-state index in [1.54, 1.807) is 11.7 Å². The van der Waals surface area contributed by atoms with Crippen molar-refractivity contribution < 1.29 is 9.90 Å². The number of aryl methyl sites for hydroxylation is 1. The van der Waals surface area contributed by atoms with Crippen molar-refractivity contribution >= 4 is 56.3 Å². The Bertz CT molecular complexity index is 632. The topological polar surface area (TPSA) is 68.0 Å². The van der Waals surface area contributed by atoms with E-state index >= 15 is 0 Å². The van der Waals surface area contributed by atoms with Crippen LogP contribution in [0.2, 0.25) is 0 Å². The molecule has 0 fully saturated rings. The Hall–Kier alpha value is -0.610. The van der Waals surface area contributed by atoms with E-state index in [0.717, 1.165) is 25.4 Å². The third kappa shape index (κ3) is 3.69. The number of hydrogen-bond donors (Lipinski definition) is 1. The summed E-state index contributed by atoms with van der Waals surface area (Å²) < 4.78 is 3.59. The second-order valence-corrected chi connectivity index (χ2v) is 6.67. The van der Waals surface area contributed by atoms with Gasteiger partial charge in [-0.1, -0.05) is 27.7 Å². The van der Waals surface area contributed by atoms with Crippen LogP contribution in [0.3, 0.4) is 0 Å². The molecular weight excluding hydrogens is 445 g/mol. The number of hydrogen-bond acceptors (Lipinski definition) is 4. The summed E-state index contributed by atoms with van der Waals surface area (Å²) in [4.78, 5) is 15.0. The predicted octanol–water partition coefficient (Wildman–Crippen LogP) is 3.03. The van der Waals surface area contributed by atoms with E-state index in [1.807, 2.05) is 18.2 Å². The Morgan fingerprint density at radius 1 is 1.58 bits per heavy atom. The summed E-state index contributed by atoms with van der Waals surface area (Å²) in [6.45, 7) is 0. The van der Waals surface area contributed by atoms with E-state index in [9.17, 15) is 4.79 Å². The highest BCUT2D eigenvalue weighted by molar-refractivity contribution is 14.1. The predicted molar refractivity (Wildman–Crippen MR) is 85.2 cm³/mol. The molecule has 19 heavy (non-hydrogen) atoms. The van der Waals surface area contributed by atoms with Crippen LogP contribution in [-0.4, -0.2) is 31.6 Å². The minimum atomic E-state index is -0.869. The lowest BCUT2D eigenvalue weighted by Gasteiger charge is -1.99. The maximum Gasteiger partial charge on any atom is 0.313 e. The molecule has 0 unspecified atom stereocenters. The van der Waals surface area contributed by atoms with Crippen LogP contribution in [-0.2, 0) is 11.8 Å². The molecule has 0 aliphatic carbocycles. The molecule has 1 heterocycles. The van der Waals surface area contributed by atoms with Crippen LogP contribution < -0.4 is 0 Å². The number of halogens is 2. The number of carboxylic acid groups (broad SMARTS) is 1. The van der Waals surface area contributed by atoms with E-state index in [-0.39, 0.29) is 5.75 Å². The summed E-state index contributed by atoms with van der Waals surface area (Å²) >= 11 is 6.80. The molecule has 8 heteroatoms. The van der Waals surface area contributed by atoms with Gasteiger partial charge >= 0.3 is 5.97 Å². The lowest BCUT2D eigenvalue weighted by Crippen LogP contribution is -2.00. The van der Waals surface area contributed by atoms with E-state index < -0.39 is 5.97 Å².